The van der Waals surface area contributed by atoms with Crippen molar-refractivity contribution in [2.75, 3.05) is 26.2 Å². The van der Waals surface area contributed by atoms with Gasteiger partial charge in [0.15, 0.2) is 0 Å². The van der Waals surface area contributed by atoms with Crippen molar-refractivity contribution in [3.05, 3.63) is 0 Å². The molecule has 0 amide bonds. The molecule has 1 unspecified atom stereocenters. The monoisotopic (exact) mass is 184 g/mol. The van der Waals surface area contributed by atoms with Crippen LogP contribution in [0.3, 0.4) is 0 Å². The van der Waals surface area contributed by atoms with Crippen molar-refractivity contribution in [2.24, 2.45) is 0 Å². The molecule has 0 bridgehead atoms. The van der Waals surface area contributed by atoms with Crippen LogP contribution in [0.4, 0.5) is 0 Å². The molecule has 1 saturated heterocycles. The highest BCUT2D eigenvalue weighted by Gasteiger charge is 2.36. The molecule has 2 fully saturated rings. The van der Waals surface area contributed by atoms with Crippen LogP contribution < -0.4 is 10.6 Å². The molecule has 2 N–H and O–H groups in total. The Morgan fingerprint density at radius 1 is 1.54 bits per heavy atom. The fourth-order valence-electron chi connectivity index (χ4n) is 1.70. The van der Waals surface area contributed by atoms with Crippen LogP contribution in [-0.4, -0.2) is 37.9 Å². The van der Waals surface area contributed by atoms with E-state index in [1.807, 2.05) is 0 Å². The van der Waals surface area contributed by atoms with Crippen LogP contribution in [0.2, 0.25) is 0 Å². The highest BCUT2D eigenvalue weighted by Crippen LogP contribution is 2.34. The Morgan fingerprint density at radius 3 is 3.00 bits per heavy atom. The van der Waals surface area contributed by atoms with E-state index in [1.54, 1.807) is 0 Å². The zero-order chi connectivity index (χ0) is 9.15. The minimum Gasteiger partial charge on any atom is -0.376 e. The third-order valence-electron chi connectivity index (χ3n) is 3.02. The van der Waals surface area contributed by atoms with Gasteiger partial charge in [-0.2, -0.15) is 0 Å². The summed E-state index contributed by atoms with van der Waals surface area (Å²) in [4.78, 5) is 0. The van der Waals surface area contributed by atoms with Crippen molar-refractivity contribution in [3.8, 4) is 0 Å². The van der Waals surface area contributed by atoms with Crippen molar-refractivity contribution < 1.29 is 4.74 Å². The molecule has 0 aromatic rings. The second-order valence-corrected chi connectivity index (χ2v) is 4.47. The molecule has 1 aliphatic carbocycles. The Hall–Kier alpha value is -0.120. The molecule has 2 rings (SSSR count). The normalized spacial score (nSPS) is 31.6. The van der Waals surface area contributed by atoms with E-state index in [-0.39, 0.29) is 0 Å². The Kier molecular flexibility index (Phi) is 2.86. The van der Waals surface area contributed by atoms with E-state index in [0.29, 0.717) is 11.6 Å². The Balaban J connectivity index is 1.56. The van der Waals surface area contributed by atoms with E-state index in [4.69, 9.17) is 4.74 Å². The zero-order valence-corrected chi connectivity index (χ0v) is 8.44. The van der Waals surface area contributed by atoms with Gasteiger partial charge in [0, 0.05) is 18.6 Å². The van der Waals surface area contributed by atoms with Gasteiger partial charge in [-0.1, -0.05) is 0 Å². The van der Waals surface area contributed by atoms with Gasteiger partial charge in [-0.25, -0.2) is 0 Å². The lowest BCUT2D eigenvalue weighted by atomic mass is 10.2. The second-order valence-electron chi connectivity index (χ2n) is 4.47. The van der Waals surface area contributed by atoms with Crippen LogP contribution in [0.1, 0.15) is 26.2 Å². The van der Waals surface area contributed by atoms with Crippen molar-refractivity contribution in [2.45, 2.75) is 37.8 Å². The molecule has 0 aromatic carbocycles. The fraction of sp³-hybridized carbons (Fsp3) is 1.00. The molecule has 1 atom stereocenters. The smallest absolute Gasteiger partial charge is 0.0712 e. The van der Waals surface area contributed by atoms with Gasteiger partial charge < -0.3 is 15.4 Å². The largest absolute Gasteiger partial charge is 0.376 e. The van der Waals surface area contributed by atoms with E-state index in [2.05, 4.69) is 17.6 Å². The van der Waals surface area contributed by atoms with E-state index in [1.165, 1.54) is 12.8 Å². The summed E-state index contributed by atoms with van der Waals surface area (Å²) in [6, 6.07) is 0. The molecule has 0 spiro atoms. The van der Waals surface area contributed by atoms with E-state index < -0.39 is 0 Å². The summed E-state index contributed by atoms with van der Waals surface area (Å²) in [5.74, 6) is 0. The maximum absolute atomic E-state index is 5.61. The first-order valence-electron chi connectivity index (χ1n) is 5.36. The average molecular weight is 184 g/mol. The summed E-state index contributed by atoms with van der Waals surface area (Å²) in [6.45, 7) is 6.32. The van der Waals surface area contributed by atoms with Gasteiger partial charge in [-0.3, -0.25) is 0 Å². The SMILES string of the molecule is CC1(NCCC2CNCCO2)CC1. The maximum Gasteiger partial charge on any atom is 0.0712 e. The van der Waals surface area contributed by atoms with Gasteiger partial charge in [-0.05, 0) is 32.7 Å². The van der Waals surface area contributed by atoms with Crippen molar-refractivity contribution in [1.82, 2.24) is 10.6 Å². The molecular weight excluding hydrogens is 164 g/mol. The van der Waals surface area contributed by atoms with Gasteiger partial charge >= 0.3 is 0 Å². The highest BCUT2D eigenvalue weighted by atomic mass is 16.5. The number of hydrogen-bond acceptors (Lipinski definition) is 3. The molecule has 76 valence electrons. The number of hydrogen-bond donors (Lipinski definition) is 2. The average Bonchev–Trinajstić information content (AvgIpc) is 2.86. The van der Waals surface area contributed by atoms with E-state index in [9.17, 15) is 0 Å². The summed E-state index contributed by atoms with van der Waals surface area (Å²) < 4.78 is 5.61. The second kappa shape index (κ2) is 3.95. The van der Waals surface area contributed by atoms with Gasteiger partial charge in [-0.15, -0.1) is 0 Å². The number of rotatable bonds is 4. The molecule has 13 heavy (non-hydrogen) atoms. The van der Waals surface area contributed by atoms with Crippen LogP contribution in [0.25, 0.3) is 0 Å². The maximum atomic E-state index is 5.61. The topological polar surface area (TPSA) is 33.3 Å². The molecule has 0 aromatic heterocycles. The van der Waals surface area contributed by atoms with Gasteiger partial charge in [0.2, 0.25) is 0 Å². The molecule has 0 radical (unpaired) electrons. The number of ether oxygens (including phenoxy) is 1. The fourth-order valence-corrected chi connectivity index (χ4v) is 1.70. The van der Waals surface area contributed by atoms with Crippen molar-refractivity contribution in [1.29, 1.82) is 0 Å². The lowest BCUT2D eigenvalue weighted by Crippen LogP contribution is -2.41. The zero-order valence-electron chi connectivity index (χ0n) is 8.44. The van der Waals surface area contributed by atoms with Gasteiger partial charge in [0.05, 0.1) is 12.7 Å². The van der Waals surface area contributed by atoms with Crippen molar-refractivity contribution >= 4 is 0 Å². The number of morpholine rings is 1. The van der Waals surface area contributed by atoms with E-state index >= 15 is 0 Å². The Morgan fingerprint density at radius 2 is 2.38 bits per heavy atom. The minimum atomic E-state index is 0.434. The summed E-state index contributed by atoms with van der Waals surface area (Å²) in [6.07, 6.45) is 4.26. The minimum absolute atomic E-state index is 0.434. The van der Waals surface area contributed by atoms with Crippen LogP contribution in [0, 0.1) is 0 Å². The molecule has 1 heterocycles. The van der Waals surface area contributed by atoms with Crippen LogP contribution in [0.5, 0.6) is 0 Å². The van der Waals surface area contributed by atoms with Gasteiger partial charge in [0.25, 0.3) is 0 Å². The van der Waals surface area contributed by atoms with Crippen LogP contribution >= 0.6 is 0 Å². The molecule has 1 saturated carbocycles. The molecular formula is C10H20N2O. The number of nitrogens with one attached hydrogen (secondary N) is 2. The van der Waals surface area contributed by atoms with Crippen LogP contribution in [0.15, 0.2) is 0 Å². The first-order valence-corrected chi connectivity index (χ1v) is 5.36. The van der Waals surface area contributed by atoms with Gasteiger partial charge in [0.1, 0.15) is 0 Å². The molecule has 1 aliphatic heterocycles. The van der Waals surface area contributed by atoms with E-state index in [0.717, 1.165) is 32.7 Å². The summed E-state index contributed by atoms with van der Waals surface area (Å²) in [5.41, 5.74) is 0.474. The summed E-state index contributed by atoms with van der Waals surface area (Å²) >= 11 is 0. The first kappa shape index (κ1) is 9.44. The van der Waals surface area contributed by atoms with Crippen LogP contribution in [-0.2, 0) is 4.74 Å². The predicted octanol–water partition coefficient (Wildman–Crippen LogP) is 0.507. The Labute approximate surface area is 80.2 Å². The lowest BCUT2D eigenvalue weighted by molar-refractivity contribution is 0.0234. The summed E-state index contributed by atoms with van der Waals surface area (Å²) in [7, 11) is 0. The predicted molar refractivity (Wildman–Crippen MR) is 52.9 cm³/mol. The quantitative estimate of drug-likeness (QED) is 0.668. The highest BCUT2D eigenvalue weighted by molar-refractivity contribution is 4.97. The summed E-state index contributed by atoms with van der Waals surface area (Å²) in [5, 5.41) is 6.92. The first-order chi connectivity index (χ1) is 6.29. The molecule has 2 aliphatic rings. The molecule has 3 nitrogen and oxygen atoms in total. The third kappa shape index (κ3) is 2.93. The molecule has 3 heteroatoms. The standard InChI is InChI=1S/C10H20N2O/c1-10(3-4-10)12-5-2-9-8-11-6-7-13-9/h9,11-12H,2-8H2,1H3. The third-order valence-corrected chi connectivity index (χ3v) is 3.02. The Bertz CT molecular complexity index is 162. The van der Waals surface area contributed by atoms with Crippen molar-refractivity contribution in [3.63, 3.8) is 0 Å². The lowest BCUT2D eigenvalue weighted by Gasteiger charge is -2.24.